The van der Waals surface area contributed by atoms with Gasteiger partial charge in [-0.1, -0.05) is 35.3 Å². The molecule has 0 aromatic heterocycles. The van der Waals surface area contributed by atoms with Gasteiger partial charge in [0.2, 0.25) is 0 Å². The molecular formula is C16H14Cl2N2O2. The maximum absolute atomic E-state index is 11.9. The first-order valence-electron chi connectivity index (χ1n) is 6.55. The Morgan fingerprint density at radius 1 is 1.09 bits per heavy atom. The van der Waals surface area contributed by atoms with Gasteiger partial charge >= 0.3 is 0 Å². The smallest absolute Gasteiger partial charge is 0.280 e. The molecule has 0 heterocycles. The first-order chi connectivity index (χ1) is 10.5. The molecule has 2 rings (SSSR count). The number of nitrogens with zero attached hydrogens (tertiary/aromatic N) is 1. The van der Waals surface area contributed by atoms with Crippen LogP contribution in [0.4, 0.5) is 0 Å². The zero-order valence-electron chi connectivity index (χ0n) is 11.8. The highest BCUT2D eigenvalue weighted by atomic mass is 35.5. The van der Waals surface area contributed by atoms with Crippen molar-refractivity contribution in [1.29, 1.82) is 0 Å². The number of rotatable bonds is 5. The molecule has 0 bridgehead atoms. The third-order valence-electron chi connectivity index (χ3n) is 2.75. The van der Waals surface area contributed by atoms with Crippen LogP contribution in [0.25, 0.3) is 0 Å². The van der Waals surface area contributed by atoms with Crippen molar-refractivity contribution in [3.05, 3.63) is 64.1 Å². The molecule has 0 spiro atoms. The van der Waals surface area contributed by atoms with Crippen molar-refractivity contribution in [3.8, 4) is 5.75 Å². The molecule has 0 aliphatic carbocycles. The quantitative estimate of drug-likeness (QED) is 0.664. The predicted octanol–water partition coefficient (Wildman–Crippen LogP) is 3.91. The van der Waals surface area contributed by atoms with Gasteiger partial charge < -0.3 is 4.74 Å². The summed E-state index contributed by atoms with van der Waals surface area (Å²) in [5, 5.41) is 5.13. The molecule has 1 N–H and O–H groups in total. The molecule has 2 aromatic carbocycles. The summed E-state index contributed by atoms with van der Waals surface area (Å²) in [6.45, 7) is 1.64. The van der Waals surface area contributed by atoms with E-state index in [1.165, 1.54) is 6.21 Å². The molecule has 0 fully saturated rings. The standard InChI is InChI=1S/C16H14Cl2N2O2/c1-11(22-15-8-6-14(18)7-9-15)16(21)20-19-10-12-2-4-13(17)5-3-12/h2-11H,1H3,(H,20,21)/t11-/m1/s1. The number of nitrogens with one attached hydrogen (secondary N) is 1. The molecule has 114 valence electrons. The van der Waals surface area contributed by atoms with E-state index < -0.39 is 6.10 Å². The van der Waals surface area contributed by atoms with Gasteiger partial charge in [0.05, 0.1) is 6.21 Å². The van der Waals surface area contributed by atoms with E-state index in [1.54, 1.807) is 55.5 Å². The molecule has 1 atom stereocenters. The first kappa shape index (κ1) is 16.3. The van der Waals surface area contributed by atoms with Crippen LogP contribution in [0.5, 0.6) is 5.75 Å². The van der Waals surface area contributed by atoms with Gasteiger partial charge in [0.1, 0.15) is 5.75 Å². The second-order valence-corrected chi connectivity index (χ2v) is 5.37. The number of amides is 1. The van der Waals surface area contributed by atoms with E-state index in [0.717, 1.165) is 5.56 Å². The second-order valence-electron chi connectivity index (χ2n) is 4.50. The summed E-state index contributed by atoms with van der Waals surface area (Å²) in [6, 6.07) is 13.9. The minimum atomic E-state index is -0.677. The van der Waals surface area contributed by atoms with Gasteiger partial charge in [-0.3, -0.25) is 4.79 Å². The van der Waals surface area contributed by atoms with Crippen LogP contribution < -0.4 is 10.2 Å². The zero-order chi connectivity index (χ0) is 15.9. The number of ether oxygens (including phenoxy) is 1. The highest BCUT2D eigenvalue weighted by Gasteiger charge is 2.13. The number of hydrazone groups is 1. The Labute approximate surface area is 138 Å². The van der Waals surface area contributed by atoms with Crippen molar-refractivity contribution >= 4 is 35.3 Å². The van der Waals surface area contributed by atoms with Crippen molar-refractivity contribution in [2.45, 2.75) is 13.0 Å². The van der Waals surface area contributed by atoms with Crippen LogP contribution in [0, 0.1) is 0 Å². The van der Waals surface area contributed by atoms with Crippen LogP contribution in [-0.2, 0) is 4.79 Å². The molecule has 6 heteroatoms. The number of carbonyl (C=O) groups excluding carboxylic acids is 1. The van der Waals surface area contributed by atoms with Gasteiger partial charge in [0, 0.05) is 10.0 Å². The molecule has 0 aliphatic rings. The number of halogens is 2. The summed E-state index contributed by atoms with van der Waals surface area (Å²) >= 11 is 11.6. The van der Waals surface area contributed by atoms with E-state index in [9.17, 15) is 4.79 Å². The maximum Gasteiger partial charge on any atom is 0.280 e. The van der Waals surface area contributed by atoms with E-state index in [1.807, 2.05) is 0 Å². The molecule has 0 saturated carbocycles. The lowest BCUT2D eigenvalue weighted by atomic mass is 10.2. The Morgan fingerprint density at radius 2 is 1.64 bits per heavy atom. The van der Waals surface area contributed by atoms with Gasteiger partial charge in [0.15, 0.2) is 6.10 Å². The minimum Gasteiger partial charge on any atom is -0.481 e. The zero-order valence-corrected chi connectivity index (χ0v) is 13.3. The lowest BCUT2D eigenvalue weighted by molar-refractivity contribution is -0.127. The van der Waals surface area contributed by atoms with Gasteiger partial charge in [-0.15, -0.1) is 0 Å². The number of hydrogen-bond acceptors (Lipinski definition) is 3. The van der Waals surface area contributed by atoms with E-state index in [4.69, 9.17) is 27.9 Å². The van der Waals surface area contributed by atoms with Crippen LogP contribution in [0.2, 0.25) is 10.0 Å². The van der Waals surface area contributed by atoms with E-state index in [2.05, 4.69) is 10.5 Å². The van der Waals surface area contributed by atoms with E-state index in [0.29, 0.717) is 15.8 Å². The molecule has 1 amide bonds. The number of hydrogen-bond donors (Lipinski definition) is 1. The highest BCUT2D eigenvalue weighted by Crippen LogP contribution is 2.16. The van der Waals surface area contributed by atoms with Crippen LogP contribution in [-0.4, -0.2) is 18.2 Å². The summed E-state index contributed by atoms with van der Waals surface area (Å²) in [6.07, 6.45) is 0.854. The summed E-state index contributed by atoms with van der Waals surface area (Å²) in [5.74, 6) is 0.217. The third kappa shape index (κ3) is 5.06. The maximum atomic E-state index is 11.9. The molecular weight excluding hydrogens is 323 g/mol. The van der Waals surface area contributed by atoms with Crippen molar-refractivity contribution in [2.75, 3.05) is 0 Å². The first-order valence-corrected chi connectivity index (χ1v) is 7.31. The van der Waals surface area contributed by atoms with Crippen molar-refractivity contribution in [2.24, 2.45) is 5.10 Å². The average Bonchev–Trinajstić information content (AvgIpc) is 2.51. The fraction of sp³-hybridized carbons (Fsp3) is 0.125. The van der Waals surface area contributed by atoms with Crippen LogP contribution in [0.3, 0.4) is 0 Å². The van der Waals surface area contributed by atoms with Gasteiger partial charge in [-0.25, -0.2) is 5.43 Å². The number of benzene rings is 2. The Balaban J connectivity index is 1.85. The lowest BCUT2D eigenvalue weighted by Crippen LogP contribution is -2.33. The molecule has 0 unspecified atom stereocenters. The fourth-order valence-electron chi connectivity index (χ4n) is 1.58. The second kappa shape index (κ2) is 7.82. The van der Waals surface area contributed by atoms with Gasteiger partial charge in [-0.05, 0) is 48.9 Å². The van der Waals surface area contributed by atoms with Crippen LogP contribution >= 0.6 is 23.2 Å². The molecule has 4 nitrogen and oxygen atoms in total. The molecule has 0 radical (unpaired) electrons. The molecule has 0 saturated heterocycles. The number of carbonyl (C=O) groups is 1. The monoisotopic (exact) mass is 336 g/mol. The highest BCUT2D eigenvalue weighted by molar-refractivity contribution is 6.30. The Bertz CT molecular complexity index is 655. The minimum absolute atomic E-state index is 0.347. The van der Waals surface area contributed by atoms with Gasteiger partial charge in [-0.2, -0.15) is 5.10 Å². The Kier molecular flexibility index (Phi) is 5.81. The van der Waals surface area contributed by atoms with Crippen LogP contribution in [0.1, 0.15) is 12.5 Å². The normalized spacial score (nSPS) is 12.1. The largest absolute Gasteiger partial charge is 0.481 e. The average molecular weight is 337 g/mol. The molecule has 22 heavy (non-hydrogen) atoms. The van der Waals surface area contributed by atoms with E-state index >= 15 is 0 Å². The van der Waals surface area contributed by atoms with E-state index in [-0.39, 0.29) is 5.91 Å². The van der Waals surface area contributed by atoms with Crippen molar-refractivity contribution in [3.63, 3.8) is 0 Å². The molecule has 0 aliphatic heterocycles. The summed E-state index contributed by atoms with van der Waals surface area (Å²) in [5.41, 5.74) is 3.25. The SMILES string of the molecule is C[C@@H](Oc1ccc(Cl)cc1)C(=O)NN=Cc1ccc(Cl)cc1. The van der Waals surface area contributed by atoms with Gasteiger partial charge in [0.25, 0.3) is 5.91 Å². The topological polar surface area (TPSA) is 50.7 Å². The van der Waals surface area contributed by atoms with Crippen molar-refractivity contribution < 1.29 is 9.53 Å². The Hall–Kier alpha value is -2.04. The molecule has 2 aromatic rings. The summed E-state index contributed by atoms with van der Waals surface area (Å²) < 4.78 is 5.49. The Morgan fingerprint density at radius 3 is 2.23 bits per heavy atom. The lowest BCUT2D eigenvalue weighted by Gasteiger charge is -2.12. The summed E-state index contributed by atoms with van der Waals surface area (Å²) in [7, 11) is 0. The predicted molar refractivity (Wildman–Crippen MR) is 88.7 cm³/mol. The summed E-state index contributed by atoms with van der Waals surface area (Å²) in [4.78, 5) is 11.9. The third-order valence-corrected chi connectivity index (χ3v) is 3.26. The van der Waals surface area contributed by atoms with Crippen molar-refractivity contribution in [1.82, 2.24) is 5.43 Å². The fourth-order valence-corrected chi connectivity index (χ4v) is 1.83. The van der Waals surface area contributed by atoms with Crippen LogP contribution in [0.15, 0.2) is 53.6 Å².